The van der Waals surface area contributed by atoms with Gasteiger partial charge in [-0.3, -0.25) is 24.3 Å². The van der Waals surface area contributed by atoms with Crippen molar-refractivity contribution in [3.8, 4) is 6.07 Å². The number of fused-ring (bicyclic) bond motifs is 2. The van der Waals surface area contributed by atoms with E-state index in [1.165, 1.54) is 6.20 Å². The summed E-state index contributed by atoms with van der Waals surface area (Å²) in [4.78, 5) is 44.4. The van der Waals surface area contributed by atoms with Gasteiger partial charge in [-0.05, 0) is 57.2 Å². The molecule has 0 radical (unpaired) electrons. The maximum absolute atomic E-state index is 13.3. The molecule has 2 bridgehead atoms. The lowest BCUT2D eigenvalue weighted by molar-refractivity contribution is -0.133. The lowest BCUT2D eigenvalue weighted by atomic mass is 9.94. The van der Waals surface area contributed by atoms with Crippen molar-refractivity contribution < 1.29 is 19.5 Å². The van der Waals surface area contributed by atoms with Gasteiger partial charge in [0.1, 0.15) is 18.0 Å². The summed E-state index contributed by atoms with van der Waals surface area (Å²) in [6, 6.07) is 5.02. The van der Waals surface area contributed by atoms with E-state index in [9.17, 15) is 24.8 Å². The van der Waals surface area contributed by atoms with Crippen LogP contribution in [-0.2, 0) is 9.59 Å². The zero-order chi connectivity index (χ0) is 26.2. The van der Waals surface area contributed by atoms with Crippen LogP contribution < -0.4 is 16.0 Å². The minimum atomic E-state index is -1.13. The molecule has 2 aliphatic rings. The molecule has 2 aliphatic heterocycles. The second-order valence-electron chi connectivity index (χ2n) is 10.4. The lowest BCUT2D eigenvalue weighted by Crippen LogP contribution is -2.58. The number of amides is 3. The zero-order valence-electron chi connectivity index (χ0n) is 21.3. The second-order valence-corrected chi connectivity index (χ2v) is 10.4. The SMILES string of the molecule is CC(C)C[C@H]1C(=O)N[C@H](C#N)C[C@@H]2C[C@@H](CCCC[C@H](NC(=O)c3ccccn3)C(O)N1C)NC2=O. The van der Waals surface area contributed by atoms with Crippen molar-refractivity contribution in [2.75, 3.05) is 7.05 Å². The number of hydrogen-bond acceptors (Lipinski definition) is 7. The number of carbonyl (C=O) groups is 3. The maximum atomic E-state index is 13.3. The normalized spacial score (nSPS) is 30.4. The molecular formula is C26H38N6O4. The summed E-state index contributed by atoms with van der Waals surface area (Å²) in [5, 5.41) is 29.8. The van der Waals surface area contributed by atoms with Crippen molar-refractivity contribution in [1.82, 2.24) is 25.8 Å². The van der Waals surface area contributed by atoms with Crippen LogP contribution in [0.1, 0.15) is 69.3 Å². The molecule has 0 aliphatic carbocycles. The Morgan fingerprint density at radius 2 is 1.97 bits per heavy atom. The first-order valence-electron chi connectivity index (χ1n) is 12.8. The van der Waals surface area contributed by atoms with Crippen LogP contribution in [-0.4, -0.2) is 70.2 Å². The Labute approximate surface area is 212 Å². The molecule has 4 N–H and O–H groups in total. The highest BCUT2D eigenvalue weighted by Gasteiger charge is 2.37. The first-order chi connectivity index (χ1) is 17.2. The Balaban J connectivity index is 1.86. The van der Waals surface area contributed by atoms with Crippen LogP contribution in [0.4, 0.5) is 0 Å². The first kappa shape index (κ1) is 27.6. The van der Waals surface area contributed by atoms with Gasteiger partial charge < -0.3 is 21.1 Å². The number of nitriles is 1. The molecule has 3 amide bonds. The number of nitrogens with one attached hydrogen (secondary N) is 3. The number of hydrogen-bond donors (Lipinski definition) is 4. The molecule has 1 aromatic heterocycles. The Kier molecular flexibility index (Phi) is 9.79. The third kappa shape index (κ3) is 7.24. The number of pyridine rings is 1. The highest BCUT2D eigenvalue weighted by molar-refractivity contribution is 5.92. The predicted molar refractivity (Wildman–Crippen MR) is 133 cm³/mol. The Morgan fingerprint density at radius 1 is 1.22 bits per heavy atom. The summed E-state index contributed by atoms with van der Waals surface area (Å²) in [7, 11) is 1.66. The van der Waals surface area contributed by atoms with Crippen LogP contribution in [0, 0.1) is 23.2 Å². The topological polar surface area (TPSA) is 147 Å². The number of carbonyl (C=O) groups excluding carboxylic acids is 3. The summed E-state index contributed by atoms with van der Waals surface area (Å²) in [6.07, 6.45) is 4.53. The number of aliphatic hydroxyl groups excluding tert-OH is 1. The van der Waals surface area contributed by atoms with Gasteiger partial charge in [0.2, 0.25) is 11.8 Å². The van der Waals surface area contributed by atoms with E-state index >= 15 is 0 Å². The quantitative estimate of drug-likeness (QED) is 0.489. The average Bonchev–Trinajstić information content (AvgIpc) is 3.21. The maximum Gasteiger partial charge on any atom is 0.270 e. The van der Waals surface area contributed by atoms with Gasteiger partial charge in [0.15, 0.2) is 0 Å². The fraction of sp³-hybridized carbons (Fsp3) is 0.654. The van der Waals surface area contributed by atoms with Gasteiger partial charge in [0, 0.05) is 18.2 Å². The van der Waals surface area contributed by atoms with Crippen LogP contribution in [0.15, 0.2) is 24.4 Å². The van der Waals surface area contributed by atoms with Crippen molar-refractivity contribution in [3.63, 3.8) is 0 Å². The molecule has 3 rings (SSSR count). The smallest absolute Gasteiger partial charge is 0.270 e. The fourth-order valence-electron chi connectivity index (χ4n) is 5.08. The van der Waals surface area contributed by atoms with Crippen LogP contribution in [0.25, 0.3) is 0 Å². The number of likely N-dealkylation sites (N-methyl/N-ethyl adjacent to an activating group) is 1. The Bertz CT molecular complexity index is 950. The Morgan fingerprint density at radius 3 is 2.64 bits per heavy atom. The summed E-state index contributed by atoms with van der Waals surface area (Å²) in [6.45, 7) is 3.96. The van der Waals surface area contributed by atoms with E-state index in [2.05, 4.69) is 27.0 Å². The minimum Gasteiger partial charge on any atom is -0.376 e. The van der Waals surface area contributed by atoms with Crippen molar-refractivity contribution in [2.45, 2.75) is 89.2 Å². The molecule has 10 nitrogen and oxygen atoms in total. The second kappa shape index (κ2) is 12.8. The molecule has 1 aromatic rings. The monoisotopic (exact) mass is 498 g/mol. The summed E-state index contributed by atoms with van der Waals surface area (Å²) >= 11 is 0. The molecule has 0 aromatic carbocycles. The molecule has 10 heteroatoms. The average molecular weight is 499 g/mol. The third-order valence-corrected chi connectivity index (χ3v) is 7.08. The summed E-state index contributed by atoms with van der Waals surface area (Å²) in [5.41, 5.74) is 0.247. The van der Waals surface area contributed by atoms with Crippen molar-refractivity contribution >= 4 is 17.7 Å². The largest absolute Gasteiger partial charge is 0.376 e. The van der Waals surface area contributed by atoms with E-state index in [-0.39, 0.29) is 41.8 Å². The number of aromatic nitrogens is 1. The molecule has 196 valence electrons. The summed E-state index contributed by atoms with van der Waals surface area (Å²) in [5.74, 6) is -1.03. The van der Waals surface area contributed by atoms with E-state index in [1.54, 1.807) is 30.1 Å². The lowest BCUT2D eigenvalue weighted by Gasteiger charge is -2.37. The molecule has 3 heterocycles. The van der Waals surface area contributed by atoms with Crippen LogP contribution in [0.2, 0.25) is 0 Å². The van der Waals surface area contributed by atoms with Crippen molar-refractivity contribution in [3.05, 3.63) is 30.1 Å². The van der Waals surface area contributed by atoms with E-state index < -0.39 is 30.3 Å². The van der Waals surface area contributed by atoms with Crippen molar-refractivity contribution in [2.24, 2.45) is 11.8 Å². The first-order valence-corrected chi connectivity index (χ1v) is 12.8. The molecule has 36 heavy (non-hydrogen) atoms. The van der Waals surface area contributed by atoms with E-state index in [4.69, 9.17) is 0 Å². The van der Waals surface area contributed by atoms with Gasteiger partial charge in [0.25, 0.3) is 5.91 Å². The highest BCUT2D eigenvalue weighted by Crippen LogP contribution is 2.25. The van der Waals surface area contributed by atoms with Crippen LogP contribution in [0.5, 0.6) is 0 Å². The van der Waals surface area contributed by atoms with E-state index in [0.29, 0.717) is 19.3 Å². The standard InChI is InChI=1S/C26H38N6O4/c1-16(2)12-22-25(35)30-19(15-27)14-17-13-18(29-23(17)33)8-4-5-10-21(26(36)32(22)3)31-24(34)20-9-6-7-11-28-20/h6-7,9,11,16-19,21-22,26,36H,4-5,8,10,12-14H2,1-3H3,(H,29,33)(H,30,35)(H,31,34)/t17-,18+,19-,21-,22-,26?/m0/s1. The predicted octanol–water partition coefficient (Wildman–Crippen LogP) is 1.32. The van der Waals surface area contributed by atoms with Crippen LogP contribution >= 0.6 is 0 Å². The van der Waals surface area contributed by atoms with Gasteiger partial charge in [-0.15, -0.1) is 0 Å². The molecule has 0 saturated carbocycles. The molecule has 0 spiro atoms. The van der Waals surface area contributed by atoms with Gasteiger partial charge in [-0.2, -0.15) is 5.26 Å². The van der Waals surface area contributed by atoms with Gasteiger partial charge in [-0.25, -0.2) is 0 Å². The third-order valence-electron chi connectivity index (χ3n) is 7.08. The van der Waals surface area contributed by atoms with Crippen LogP contribution in [0.3, 0.4) is 0 Å². The highest BCUT2D eigenvalue weighted by atomic mass is 16.3. The van der Waals surface area contributed by atoms with E-state index in [1.807, 2.05) is 13.8 Å². The molecular weight excluding hydrogens is 460 g/mol. The molecule has 1 unspecified atom stereocenters. The Hall–Kier alpha value is -3.03. The number of rotatable bonds is 4. The molecule has 2 fully saturated rings. The van der Waals surface area contributed by atoms with E-state index in [0.717, 1.165) is 19.3 Å². The minimum absolute atomic E-state index is 0.0190. The summed E-state index contributed by atoms with van der Waals surface area (Å²) < 4.78 is 0. The van der Waals surface area contributed by atoms with Gasteiger partial charge >= 0.3 is 0 Å². The zero-order valence-corrected chi connectivity index (χ0v) is 21.3. The van der Waals surface area contributed by atoms with Gasteiger partial charge in [0.05, 0.1) is 18.2 Å². The molecule has 2 saturated heterocycles. The number of aliphatic hydroxyl groups is 1. The fourth-order valence-corrected chi connectivity index (χ4v) is 5.08. The number of nitrogens with zero attached hydrogens (tertiary/aromatic N) is 3. The molecule has 6 atom stereocenters. The van der Waals surface area contributed by atoms with Crippen molar-refractivity contribution in [1.29, 1.82) is 5.26 Å². The van der Waals surface area contributed by atoms with Gasteiger partial charge in [-0.1, -0.05) is 32.8 Å².